The van der Waals surface area contributed by atoms with Crippen molar-refractivity contribution >= 4 is 17.4 Å². The van der Waals surface area contributed by atoms with Gasteiger partial charge in [0.15, 0.2) is 0 Å². The highest BCUT2D eigenvalue weighted by atomic mass is 32.1. The molecule has 0 aliphatic carbocycles. The Labute approximate surface area is 78.2 Å². The Balaban J connectivity index is 2.13. The van der Waals surface area contributed by atoms with Crippen LogP contribution in [0.2, 0.25) is 0 Å². The van der Waals surface area contributed by atoms with Gasteiger partial charge in [-0.2, -0.15) is 5.06 Å². The van der Waals surface area contributed by atoms with Crippen molar-refractivity contribution in [1.82, 2.24) is 14.9 Å². The molecule has 2 aliphatic rings. The van der Waals surface area contributed by atoms with Crippen molar-refractivity contribution in [3.8, 4) is 0 Å². The Morgan fingerprint density at radius 3 is 3.38 bits per heavy atom. The van der Waals surface area contributed by atoms with Crippen LogP contribution in [0.15, 0.2) is 5.51 Å². The highest BCUT2D eigenvalue weighted by Crippen LogP contribution is 2.37. The standard InChI is InChI=1S/C7H7N3O2S/c11-7-9-1-4-6(13-3-8-4)5(2-9)10(7)12/h3,5,12H,1-2H2/t5-/m0/s1. The van der Waals surface area contributed by atoms with Gasteiger partial charge < -0.3 is 4.90 Å². The van der Waals surface area contributed by atoms with Crippen LogP contribution in [0.4, 0.5) is 4.79 Å². The molecule has 68 valence electrons. The molecule has 3 heterocycles. The zero-order chi connectivity index (χ0) is 9.00. The maximum absolute atomic E-state index is 11.3. The van der Waals surface area contributed by atoms with Crippen molar-refractivity contribution in [3.05, 3.63) is 16.1 Å². The molecule has 0 unspecified atom stereocenters. The minimum Gasteiger partial charge on any atom is -0.314 e. The maximum Gasteiger partial charge on any atom is 0.344 e. The predicted octanol–water partition coefficient (Wildman–Crippen LogP) is 0.825. The van der Waals surface area contributed by atoms with Gasteiger partial charge >= 0.3 is 6.03 Å². The lowest BCUT2D eigenvalue weighted by molar-refractivity contribution is -0.0577. The van der Waals surface area contributed by atoms with E-state index in [0.717, 1.165) is 15.6 Å². The molecule has 0 aromatic carbocycles. The number of carbonyl (C=O) groups is 1. The first-order chi connectivity index (χ1) is 6.27. The Bertz CT molecular complexity index is 374. The molecule has 1 fully saturated rings. The summed E-state index contributed by atoms with van der Waals surface area (Å²) in [6, 6.07) is -0.501. The number of nitrogens with zero attached hydrogens (tertiary/aromatic N) is 3. The third-order valence-corrected chi connectivity index (χ3v) is 3.44. The van der Waals surface area contributed by atoms with Crippen LogP contribution in [0.1, 0.15) is 16.6 Å². The topological polar surface area (TPSA) is 56.7 Å². The molecular weight excluding hydrogens is 190 g/mol. The van der Waals surface area contributed by atoms with E-state index in [9.17, 15) is 10.0 Å². The van der Waals surface area contributed by atoms with Crippen molar-refractivity contribution in [2.24, 2.45) is 0 Å². The number of carbonyl (C=O) groups excluding carboxylic acids is 1. The Kier molecular flexibility index (Phi) is 1.24. The van der Waals surface area contributed by atoms with E-state index >= 15 is 0 Å². The lowest BCUT2D eigenvalue weighted by atomic mass is 10.1. The number of amides is 2. The number of aromatic nitrogens is 1. The van der Waals surface area contributed by atoms with E-state index in [4.69, 9.17) is 0 Å². The third-order valence-electron chi connectivity index (χ3n) is 2.47. The number of hydrogen-bond donors (Lipinski definition) is 1. The van der Waals surface area contributed by atoms with Gasteiger partial charge in [-0.3, -0.25) is 5.21 Å². The lowest BCUT2D eigenvalue weighted by Gasteiger charge is -2.18. The van der Waals surface area contributed by atoms with Gasteiger partial charge in [-0.1, -0.05) is 0 Å². The molecule has 0 radical (unpaired) electrons. The summed E-state index contributed by atoms with van der Waals surface area (Å²) in [6.07, 6.45) is 0. The predicted molar refractivity (Wildman–Crippen MR) is 44.3 cm³/mol. The van der Waals surface area contributed by atoms with Crippen molar-refractivity contribution in [1.29, 1.82) is 0 Å². The first kappa shape index (κ1) is 7.28. The number of rotatable bonds is 0. The smallest absolute Gasteiger partial charge is 0.314 e. The fourth-order valence-electron chi connectivity index (χ4n) is 1.82. The molecule has 1 aromatic heterocycles. The van der Waals surface area contributed by atoms with Crippen LogP contribution in [-0.2, 0) is 6.54 Å². The van der Waals surface area contributed by atoms with Gasteiger partial charge in [0.1, 0.15) is 6.04 Å². The van der Waals surface area contributed by atoms with Crippen LogP contribution < -0.4 is 0 Å². The van der Waals surface area contributed by atoms with Crippen LogP contribution in [0, 0.1) is 0 Å². The second-order valence-corrected chi connectivity index (χ2v) is 4.07. The maximum atomic E-state index is 11.3. The second kappa shape index (κ2) is 2.21. The lowest BCUT2D eigenvalue weighted by Crippen LogP contribution is -2.28. The molecule has 2 amide bonds. The van der Waals surface area contributed by atoms with E-state index < -0.39 is 0 Å². The largest absolute Gasteiger partial charge is 0.344 e. The Morgan fingerprint density at radius 2 is 2.54 bits per heavy atom. The number of fused-ring (bicyclic) bond motifs is 4. The zero-order valence-corrected chi connectivity index (χ0v) is 7.49. The van der Waals surface area contributed by atoms with Gasteiger partial charge in [0.2, 0.25) is 0 Å². The average molecular weight is 197 g/mol. The van der Waals surface area contributed by atoms with Gasteiger partial charge in [0.05, 0.1) is 29.2 Å². The monoisotopic (exact) mass is 197 g/mol. The second-order valence-electron chi connectivity index (χ2n) is 3.19. The summed E-state index contributed by atoms with van der Waals surface area (Å²) in [5.74, 6) is 0. The van der Waals surface area contributed by atoms with Crippen LogP contribution in [-0.4, -0.2) is 32.7 Å². The quantitative estimate of drug-likeness (QED) is 0.626. The summed E-state index contributed by atoms with van der Waals surface area (Å²) in [7, 11) is 0. The summed E-state index contributed by atoms with van der Waals surface area (Å²) < 4.78 is 0. The van der Waals surface area contributed by atoms with Crippen molar-refractivity contribution in [2.75, 3.05) is 6.54 Å². The van der Waals surface area contributed by atoms with Crippen molar-refractivity contribution < 1.29 is 10.0 Å². The third kappa shape index (κ3) is 0.790. The minimum atomic E-state index is -0.310. The van der Waals surface area contributed by atoms with E-state index in [2.05, 4.69) is 4.98 Å². The molecular formula is C7H7N3O2S. The van der Waals surface area contributed by atoms with Gasteiger partial charge in [0.25, 0.3) is 0 Å². The summed E-state index contributed by atoms with van der Waals surface area (Å²) in [5.41, 5.74) is 2.68. The molecule has 1 aromatic rings. The SMILES string of the molecule is O=C1N2Cc3ncsc3[C@H](C2)N1O. The Morgan fingerprint density at radius 1 is 1.69 bits per heavy atom. The molecule has 2 bridgehead atoms. The van der Waals surface area contributed by atoms with Crippen LogP contribution >= 0.6 is 11.3 Å². The number of urea groups is 1. The van der Waals surface area contributed by atoms with Gasteiger partial charge in [-0.25, -0.2) is 9.78 Å². The van der Waals surface area contributed by atoms with Crippen molar-refractivity contribution in [2.45, 2.75) is 12.6 Å². The molecule has 1 N–H and O–H groups in total. The molecule has 5 nitrogen and oxygen atoms in total. The molecule has 1 atom stereocenters. The summed E-state index contributed by atoms with van der Waals surface area (Å²) in [5, 5.41) is 10.3. The van der Waals surface area contributed by atoms with E-state index in [1.54, 1.807) is 10.4 Å². The highest BCUT2D eigenvalue weighted by Gasteiger charge is 2.43. The fraction of sp³-hybridized carbons (Fsp3) is 0.429. The van der Waals surface area contributed by atoms with E-state index in [-0.39, 0.29) is 12.1 Å². The van der Waals surface area contributed by atoms with Crippen LogP contribution in [0.5, 0.6) is 0 Å². The molecule has 2 aliphatic heterocycles. The summed E-state index contributed by atoms with van der Waals surface area (Å²) in [4.78, 5) is 18.1. The van der Waals surface area contributed by atoms with Crippen LogP contribution in [0.25, 0.3) is 0 Å². The number of hydroxylamine groups is 2. The first-order valence-electron chi connectivity index (χ1n) is 3.96. The van der Waals surface area contributed by atoms with E-state index in [1.807, 2.05) is 0 Å². The zero-order valence-electron chi connectivity index (χ0n) is 6.67. The molecule has 3 rings (SSSR count). The highest BCUT2D eigenvalue weighted by molar-refractivity contribution is 7.09. The molecule has 1 saturated heterocycles. The van der Waals surface area contributed by atoms with Gasteiger partial charge in [-0.05, 0) is 0 Å². The number of thiazole rings is 1. The van der Waals surface area contributed by atoms with Crippen molar-refractivity contribution in [3.63, 3.8) is 0 Å². The first-order valence-corrected chi connectivity index (χ1v) is 4.84. The normalized spacial score (nSPS) is 25.3. The van der Waals surface area contributed by atoms with Crippen LogP contribution in [0.3, 0.4) is 0 Å². The fourth-order valence-corrected chi connectivity index (χ4v) is 2.70. The van der Waals surface area contributed by atoms with E-state index in [0.29, 0.717) is 13.1 Å². The molecule has 6 heteroatoms. The van der Waals surface area contributed by atoms with Gasteiger partial charge in [0, 0.05) is 0 Å². The van der Waals surface area contributed by atoms with E-state index in [1.165, 1.54) is 11.3 Å². The summed E-state index contributed by atoms with van der Waals surface area (Å²) >= 11 is 1.50. The number of hydrogen-bond acceptors (Lipinski definition) is 4. The summed E-state index contributed by atoms with van der Waals surface area (Å²) in [6.45, 7) is 1.12. The minimum absolute atomic E-state index is 0.191. The molecule has 0 spiro atoms. The Hall–Kier alpha value is -1.14. The van der Waals surface area contributed by atoms with Gasteiger partial charge in [-0.15, -0.1) is 11.3 Å². The average Bonchev–Trinajstić information content (AvgIpc) is 2.68. The molecule has 0 saturated carbocycles. The molecule has 13 heavy (non-hydrogen) atoms.